The first-order valence-corrected chi connectivity index (χ1v) is 7.01. The molecule has 0 saturated heterocycles. The number of hydrogen-bond donors (Lipinski definition) is 1. The summed E-state index contributed by atoms with van der Waals surface area (Å²) in [4.78, 5) is 14.4. The number of nitrogens with zero attached hydrogens (tertiary/aromatic N) is 1. The predicted octanol–water partition coefficient (Wildman–Crippen LogP) is 2.68. The fourth-order valence-electron chi connectivity index (χ4n) is 2.77. The summed E-state index contributed by atoms with van der Waals surface area (Å²) in [6.45, 7) is 3.98. The van der Waals surface area contributed by atoms with Crippen molar-refractivity contribution in [1.29, 1.82) is 0 Å². The molecule has 1 N–H and O–H groups in total. The molecule has 1 saturated carbocycles. The van der Waals surface area contributed by atoms with Crippen molar-refractivity contribution in [2.45, 2.75) is 51.7 Å². The van der Waals surface area contributed by atoms with E-state index in [1.165, 1.54) is 0 Å². The van der Waals surface area contributed by atoms with Crippen LogP contribution in [0.15, 0.2) is 18.2 Å². The zero-order valence-corrected chi connectivity index (χ0v) is 12.0. The molecule has 0 atom stereocenters. The monoisotopic (exact) mass is 261 g/mol. The highest BCUT2D eigenvalue weighted by Gasteiger charge is 2.26. The van der Waals surface area contributed by atoms with Gasteiger partial charge in [-0.25, -0.2) is 0 Å². The van der Waals surface area contributed by atoms with Crippen molar-refractivity contribution < 1.29 is 9.90 Å². The number of hydrogen-bond acceptors (Lipinski definition) is 2. The van der Waals surface area contributed by atoms with Gasteiger partial charge in [-0.2, -0.15) is 0 Å². The Hall–Kier alpha value is -1.35. The second-order valence-corrected chi connectivity index (χ2v) is 5.70. The smallest absolute Gasteiger partial charge is 0.254 e. The Morgan fingerprint density at radius 2 is 1.84 bits per heavy atom. The zero-order chi connectivity index (χ0) is 14.0. The molecule has 0 aliphatic heterocycles. The van der Waals surface area contributed by atoms with Crippen molar-refractivity contribution in [2.24, 2.45) is 0 Å². The van der Waals surface area contributed by atoms with Crippen LogP contribution in [0.2, 0.25) is 0 Å². The van der Waals surface area contributed by atoms with Gasteiger partial charge in [0.2, 0.25) is 0 Å². The molecular formula is C16H23NO2. The van der Waals surface area contributed by atoms with Crippen LogP contribution in [0.3, 0.4) is 0 Å². The maximum absolute atomic E-state index is 12.6. The van der Waals surface area contributed by atoms with Gasteiger partial charge in [-0.1, -0.05) is 17.7 Å². The molecule has 3 nitrogen and oxygen atoms in total. The highest BCUT2D eigenvalue weighted by Crippen LogP contribution is 2.24. The second kappa shape index (κ2) is 5.74. The standard InChI is InChI=1S/C16H23NO2/c1-11-4-5-12(2)15(10-11)16(19)17(3)13-6-8-14(18)9-7-13/h4-5,10,13-14,18H,6-9H2,1-3H3. The van der Waals surface area contributed by atoms with Gasteiger partial charge in [0.1, 0.15) is 0 Å². The second-order valence-electron chi connectivity index (χ2n) is 5.70. The quantitative estimate of drug-likeness (QED) is 0.889. The van der Waals surface area contributed by atoms with Crippen molar-refractivity contribution in [3.63, 3.8) is 0 Å². The third kappa shape index (κ3) is 3.16. The van der Waals surface area contributed by atoms with E-state index in [-0.39, 0.29) is 18.1 Å². The molecule has 1 fully saturated rings. The van der Waals surface area contributed by atoms with E-state index in [9.17, 15) is 9.90 Å². The lowest BCUT2D eigenvalue weighted by atomic mass is 9.91. The Morgan fingerprint density at radius 3 is 2.47 bits per heavy atom. The van der Waals surface area contributed by atoms with E-state index in [0.29, 0.717) is 0 Å². The number of rotatable bonds is 2. The van der Waals surface area contributed by atoms with Gasteiger partial charge in [-0.15, -0.1) is 0 Å². The Labute approximate surface area is 115 Å². The largest absolute Gasteiger partial charge is 0.393 e. The average Bonchev–Trinajstić information content (AvgIpc) is 2.41. The highest BCUT2D eigenvalue weighted by molar-refractivity contribution is 5.95. The summed E-state index contributed by atoms with van der Waals surface area (Å²) in [6.07, 6.45) is 3.22. The lowest BCUT2D eigenvalue weighted by molar-refractivity contribution is 0.0569. The molecule has 0 unspecified atom stereocenters. The average molecular weight is 261 g/mol. The molecule has 0 bridgehead atoms. The number of aliphatic hydroxyl groups excluding tert-OH is 1. The lowest BCUT2D eigenvalue weighted by Crippen LogP contribution is -2.40. The first kappa shape index (κ1) is 14.1. The van der Waals surface area contributed by atoms with Gasteiger partial charge in [0.15, 0.2) is 0 Å². The number of aryl methyl sites for hydroxylation is 2. The van der Waals surface area contributed by atoms with Crippen LogP contribution >= 0.6 is 0 Å². The van der Waals surface area contributed by atoms with Gasteiger partial charge in [-0.05, 0) is 51.2 Å². The predicted molar refractivity (Wildman–Crippen MR) is 76.3 cm³/mol. The summed E-state index contributed by atoms with van der Waals surface area (Å²) < 4.78 is 0. The number of carbonyl (C=O) groups excluding carboxylic acids is 1. The number of benzene rings is 1. The van der Waals surface area contributed by atoms with E-state index in [2.05, 4.69) is 0 Å². The number of amides is 1. The van der Waals surface area contributed by atoms with E-state index in [1.54, 1.807) is 0 Å². The van der Waals surface area contributed by atoms with E-state index >= 15 is 0 Å². The molecule has 3 heteroatoms. The SMILES string of the molecule is Cc1ccc(C)c(C(=O)N(C)C2CCC(O)CC2)c1. The maximum atomic E-state index is 12.6. The number of carbonyl (C=O) groups is 1. The molecule has 1 aliphatic rings. The molecule has 0 radical (unpaired) electrons. The van der Waals surface area contributed by atoms with Crippen LogP contribution in [0.25, 0.3) is 0 Å². The van der Waals surface area contributed by atoms with Gasteiger partial charge >= 0.3 is 0 Å². The highest BCUT2D eigenvalue weighted by atomic mass is 16.3. The van der Waals surface area contributed by atoms with Crippen LogP contribution < -0.4 is 0 Å². The number of aliphatic hydroxyl groups is 1. The summed E-state index contributed by atoms with van der Waals surface area (Å²) in [6, 6.07) is 6.26. The maximum Gasteiger partial charge on any atom is 0.254 e. The van der Waals surface area contributed by atoms with Crippen LogP contribution in [0, 0.1) is 13.8 Å². The molecule has 1 aromatic rings. The Balaban J connectivity index is 2.12. The Bertz CT molecular complexity index is 462. The fraction of sp³-hybridized carbons (Fsp3) is 0.562. The summed E-state index contributed by atoms with van der Waals surface area (Å²) in [7, 11) is 1.88. The normalized spacial score (nSPS) is 23.2. The van der Waals surface area contributed by atoms with Crippen molar-refractivity contribution >= 4 is 5.91 Å². The van der Waals surface area contributed by atoms with Gasteiger partial charge < -0.3 is 10.0 Å². The lowest BCUT2D eigenvalue weighted by Gasteiger charge is -2.33. The zero-order valence-electron chi connectivity index (χ0n) is 12.0. The van der Waals surface area contributed by atoms with Crippen molar-refractivity contribution in [3.8, 4) is 0 Å². The summed E-state index contributed by atoms with van der Waals surface area (Å²) in [5, 5.41) is 9.54. The van der Waals surface area contributed by atoms with Crippen LogP contribution in [-0.2, 0) is 0 Å². The van der Waals surface area contributed by atoms with Gasteiger partial charge in [0.25, 0.3) is 5.91 Å². The van der Waals surface area contributed by atoms with Crippen molar-refractivity contribution in [2.75, 3.05) is 7.05 Å². The molecule has 104 valence electrons. The molecule has 2 rings (SSSR count). The molecular weight excluding hydrogens is 238 g/mol. The fourth-order valence-corrected chi connectivity index (χ4v) is 2.77. The minimum atomic E-state index is -0.180. The molecule has 0 spiro atoms. The minimum absolute atomic E-state index is 0.0996. The van der Waals surface area contributed by atoms with Crippen molar-refractivity contribution in [3.05, 3.63) is 34.9 Å². The Morgan fingerprint density at radius 1 is 1.21 bits per heavy atom. The van der Waals surface area contributed by atoms with Gasteiger partial charge in [-0.3, -0.25) is 4.79 Å². The summed E-state index contributed by atoms with van der Waals surface area (Å²) in [5.41, 5.74) is 2.94. The Kier molecular flexibility index (Phi) is 4.25. The third-order valence-corrected chi connectivity index (χ3v) is 4.16. The van der Waals surface area contributed by atoms with Crippen molar-refractivity contribution in [1.82, 2.24) is 4.90 Å². The van der Waals surface area contributed by atoms with E-state index in [0.717, 1.165) is 42.4 Å². The third-order valence-electron chi connectivity index (χ3n) is 4.16. The first-order chi connectivity index (χ1) is 8.99. The van der Waals surface area contributed by atoms with Crippen LogP contribution in [0.5, 0.6) is 0 Å². The molecule has 0 aromatic heterocycles. The topological polar surface area (TPSA) is 40.5 Å². The minimum Gasteiger partial charge on any atom is -0.393 e. The van der Waals surface area contributed by atoms with E-state index < -0.39 is 0 Å². The van der Waals surface area contributed by atoms with E-state index in [1.807, 2.05) is 44.0 Å². The van der Waals surface area contributed by atoms with E-state index in [4.69, 9.17) is 0 Å². The molecule has 0 heterocycles. The van der Waals surface area contributed by atoms with Crippen LogP contribution in [0.1, 0.15) is 47.2 Å². The van der Waals surface area contributed by atoms with Crippen LogP contribution in [0.4, 0.5) is 0 Å². The summed E-state index contributed by atoms with van der Waals surface area (Å²) >= 11 is 0. The summed E-state index contributed by atoms with van der Waals surface area (Å²) in [5.74, 6) is 0.0996. The molecule has 1 aliphatic carbocycles. The van der Waals surface area contributed by atoms with Gasteiger partial charge in [0.05, 0.1) is 6.10 Å². The molecule has 19 heavy (non-hydrogen) atoms. The first-order valence-electron chi connectivity index (χ1n) is 7.01. The van der Waals surface area contributed by atoms with Gasteiger partial charge in [0, 0.05) is 18.7 Å². The van der Waals surface area contributed by atoms with Crippen LogP contribution in [-0.4, -0.2) is 35.1 Å². The molecule has 1 amide bonds. The molecule has 1 aromatic carbocycles.